The zero-order valence-electron chi connectivity index (χ0n) is 18.0. The summed E-state index contributed by atoms with van der Waals surface area (Å²) >= 11 is 0. The van der Waals surface area contributed by atoms with Gasteiger partial charge in [0.1, 0.15) is 11.5 Å². The summed E-state index contributed by atoms with van der Waals surface area (Å²) in [6, 6.07) is 17.6. The Balaban J connectivity index is 1.45. The maximum atomic E-state index is 13.4. The highest BCUT2D eigenvalue weighted by molar-refractivity contribution is 7.89. The number of sulfonamides is 1. The number of nitrogens with two attached hydrogens (primary N) is 1. The minimum Gasteiger partial charge on any atom is -0.496 e. The lowest BCUT2D eigenvalue weighted by atomic mass is 9.87. The molecule has 1 saturated carbocycles. The van der Waals surface area contributed by atoms with Crippen LogP contribution in [0.15, 0.2) is 65.6 Å². The number of hydrogen-bond acceptors (Lipinski definition) is 6. The third-order valence-electron chi connectivity index (χ3n) is 6.31. The van der Waals surface area contributed by atoms with E-state index in [0.717, 1.165) is 24.0 Å². The topological polar surface area (TPSA) is 105 Å². The normalized spacial score (nSPS) is 15.8. The first kappa shape index (κ1) is 21.5. The van der Waals surface area contributed by atoms with Crippen molar-refractivity contribution in [1.29, 1.82) is 0 Å². The Morgan fingerprint density at radius 3 is 2.55 bits per heavy atom. The molecule has 0 atom stereocenters. The number of ketones is 1. The minimum atomic E-state index is -3.84. The van der Waals surface area contributed by atoms with E-state index in [1.807, 2.05) is 30.3 Å². The average molecular weight is 466 g/mol. The largest absolute Gasteiger partial charge is 0.496 e. The van der Waals surface area contributed by atoms with Crippen molar-refractivity contribution in [2.45, 2.75) is 29.6 Å². The van der Waals surface area contributed by atoms with Crippen LogP contribution in [0.1, 0.15) is 24.0 Å². The Bertz CT molecular complexity index is 1360. The fourth-order valence-corrected chi connectivity index (χ4v) is 4.89. The lowest BCUT2D eigenvalue weighted by Crippen LogP contribution is -2.22. The van der Waals surface area contributed by atoms with Gasteiger partial charge in [0.25, 0.3) is 0 Å². The van der Waals surface area contributed by atoms with Crippen LogP contribution in [0.5, 0.6) is 17.2 Å². The molecule has 1 aliphatic carbocycles. The molecule has 8 heteroatoms. The number of benzene rings is 3. The van der Waals surface area contributed by atoms with Crippen LogP contribution < -0.4 is 19.3 Å². The van der Waals surface area contributed by atoms with Crippen molar-refractivity contribution >= 4 is 15.8 Å². The zero-order chi connectivity index (χ0) is 23.2. The van der Waals surface area contributed by atoms with E-state index < -0.39 is 15.4 Å². The van der Waals surface area contributed by atoms with Crippen LogP contribution in [0.25, 0.3) is 11.1 Å². The van der Waals surface area contributed by atoms with Crippen molar-refractivity contribution < 1.29 is 27.4 Å². The Kier molecular flexibility index (Phi) is 5.14. The third-order valence-corrected chi connectivity index (χ3v) is 7.22. The number of Topliss-reactive ketones (excluding diaryl/α,β-unsaturated/α-hetero) is 1. The molecule has 1 fully saturated rings. The summed E-state index contributed by atoms with van der Waals surface area (Å²) in [6.45, 7) is 0.195. The summed E-state index contributed by atoms with van der Waals surface area (Å²) < 4.78 is 39.9. The molecule has 0 amide bonds. The molecule has 0 unspecified atom stereocenters. The van der Waals surface area contributed by atoms with E-state index in [9.17, 15) is 13.2 Å². The van der Waals surface area contributed by atoms with Crippen molar-refractivity contribution in [1.82, 2.24) is 0 Å². The van der Waals surface area contributed by atoms with Crippen molar-refractivity contribution in [3.05, 3.63) is 71.8 Å². The van der Waals surface area contributed by atoms with Gasteiger partial charge in [0.2, 0.25) is 16.8 Å². The Labute approximate surface area is 192 Å². The second kappa shape index (κ2) is 7.90. The van der Waals surface area contributed by atoms with Crippen molar-refractivity contribution in [3.63, 3.8) is 0 Å². The highest BCUT2D eigenvalue weighted by Gasteiger charge is 2.50. The first-order valence-electron chi connectivity index (χ1n) is 10.5. The molecule has 33 heavy (non-hydrogen) atoms. The first-order valence-corrected chi connectivity index (χ1v) is 12.1. The molecule has 0 bridgehead atoms. The molecule has 5 rings (SSSR count). The summed E-state index contributed by atoms with van der Waals surface area (Å²) in [5.74, 6) is 2.09. The van der Waals surface area contributed by atoms with Gasteiger partial charge < -0.3 is 14.2 Å². The van der Waals surface area contributed by atoms with Crippen LogP contribution in [0.2, 0.25) is 0 Å². The predicted octanol–water partition coefficient (Wildman–Crippen LogP) is 3.58. The molecule has 1 aliphatic heterocycles. The van der Waals surface area contributed by atoms with Crippen molar-refractivity contribution in [2.24, 2.45) is 5.14 Å². The first-order chi connectivity index (χ1) is 15.8. The number of fused-ring (bicyclic) bond motifs is 1. The number of primary sulfonamides is 1. The lowest BCUT2D eigenvalue weighted by molar-refractivity contribution is -0.120. The molecular weight excluding hydrogens is 442 g/mol. The Morgan fingerprint density at radius 2 is 1.82 bits per heavy atom. The maximum Gasteiger partial charge on any atom is 0.238 e. The van der Waals surface area contributed by atoms with E-state index in [0.29, 0.717) is 28.4 Å². The van der Waals surface area contributed by atoms with Gasteiger partial charge in [0.05, 0.1) is 17.4 Å². The van der Waals surface area contributed by atoms with Gasteiger partial charge in [-0.2, -0.15) is 0 Å². The maximum absolute atomic E-state index is 13.4. The van der Waals surface area contributed by atoms with E-state index in [1.54, 1.807) is 25.3 Å². The van der Waals surface area contributed by atoms with Gasteiger partial charge in [-0.1, -0.05) is 24.3 Å². The quantitative estimate of drug-likeness (QED) is 0.572. The smallest absolute Gasteiger partial charge is 0.238 e. The number of ether oxygens (including phenoxy) is 3. The van der Waals surface area contributed by atoms with E-state index in [1.165, 1.54) is 12.1 Å². The molecule has 7 nitrogen and oxygen atoms in total. The average Bonchev–Trinajstić information content (AvgIpc) is 3.49. The Morgan fingerprint density at radius 1 is 1.03 bits per heavy atom. The molecule has 1 heterocycles. The number of methoxy groups -OCH3 is 1. The number of rotatable bonds is 7. The summed E-state index contributed by atoms with van der Waals surface area (Å²) in [5.41, 5.74) is 2.61. The second-order valence-electron chi connectivity index (χ2n) is 8.36. The van der Waals surface area contributed by atoms with Crippen molar-refractivity contribution in [3.8, 4) is 28.4 Å². The van der Waals surface area contributed by atoms with Gasteiger partial charge >= 0.3 is 0 Å². The van der Waals surface area contributed by atoms with E-state index in [-0.39, 0.29) is 23.9 Å². The molecule has 170 valence electrons. The summed E-state index contributed by atoms with van der Waals surface area (Å²) in [5, 5.41) is 5.29. The fourth-order valence-electron chi connectivity index (χ4n) is 4.33. The molecule has 2 N–H and O–H groups in total. The van der Waals surface area contributed by atoms with Crippen LogP contribution in [0, 0.1) is 0 Å². The SMILES string of the molecule is COc1ccc(CC(=O)C2(c3ccc4c(c3)OCO4)CC2)cc1-c1cccc(S(N)(=O)=O)c1. The molecule has 0 radical (unpaired) electrons. The minimum absolute atomic E-state index is 0.0169. The van der Waals surface area contributed by atoms with Gasteiger partial charge in [0.15, 0.2) is 11.5 Å². The van der Waals surface area contributed by atoms with E-state index in [4.69, 9.17) is 19.3 Å². The summed E-state index contributed by atoms with van der Waals surface area (Å²) in [6.07, 6.45) is 1.84. The molecule has 3 aromatic rings. The molecule has 2 aliphatic rings. The third kappa shape index (κ3) is 3.96. The number of carbonyl (C=O) groups is 1. The highest BCUT2D eigenvalue weighted by Crippen LogP contribution is 2.51. The second-order valence-corrected chi connectivity index (χ2v) is 9.92. The van der Waals surface area contributed by atoms with Gasteiger partial charge in [0, 0.05) is 12.0 Å². The van der Waals surface area contributed by atoms with Crippen molar-refractivity contribution in [2.75, 3.05) is 13.9 Å². The molecule has 0 saturated heterocycles. The number of carbonyl (C=O) groups excluding carboxylic acids is 1. The highest BCUT2D eigenvalue weighted by atomic mass is 32.2. The zero-order valence-corrected chi connectivity index (χ0v) is 18.9. The Hall–Kier alpha value is -3.36. The molecule has 3 aromatic carbocycles. The van der Waals surface area contributed by atoms with E-state index >= 15 is 0 Å². The van der Waals surface area contributed by atoms with Gasteiger partial charge in [-0.15, -0.1) is 0 Å². The van der Waals surface area contributed by atoms with Gasteiger partial charge in [-0.3, -0.25) is 4.79 Å². The lowest BCUT2D eigenvalue weighted by Gasteiger charge is -2.16. The van der Waals surface area contributed by atoms with Crippen LogP contribution in [0.3, 0.4) is 0 Å². The standard InChI is InChI=1S/C25H23NO6S/c1-30-21-7-5-16(11-20(21)17-3-2-4-19(13-17)33(26,28)29)12-24(27)25(9-10-25)18-6-8-22-23(14-18)32-15-31-22/h2-8,11,13-14H,9-10,12,15H2,1H3,(H2,26,28,29). The predicted molar refractivity (Wildman–Crippen MR) is 122 cm³/mol. The van der Waals surface area contributed by atoms with Gasteiger partial charge in [-0.25, -0.2) is 13.6 Å². The van der Waals surface area contributed by atoms with Crippen LogP contribution in [-0.4, -0.2) is 28.1 Å². The monoisotopic (exact) mass is 465 g/mol. The van der Waals surface area contributed by atoms with Crippen LogP contribution >= 0.6 is 0 Å². The molecular formula is C25H23NO6S. The summed E-state index contributed by atoms with van der Waals surface area (Å²) in [4.78, 5) is 13.4. The molecule has 0 spiro atoms. The van der Waals surface area contributed by atoms with Crippen LogP contribution in [-0.2, 0) is 26.7 Å². The fraction of sp³-hybridized carbons (Fsp3) is 0.240. The van der Waals surface area contributed by atoms with Gasteiger partial charge in [-0.05, 0) is 65.9 Å². The van der Waals surface area contributed by atoms with Crippen LogP contribution in [0.4, 0.5) is 0 Å². The molecule has 0 aromatic heterocycles. The summed E-state index contributed by atoms with van der Waals surface area (Å²) in [7, 11) is -2.29. The number of hydrogen-bond donors (Lipinski definition) is 1. The van der Waals surface area contributed by atoms with E-state index in [2.05, 4.69) is 0 Å².